The van der Waals surface area contributed by atoms with Crippen LogP contribution in [-0.4, -0.2) is 25.6 Å². The van der Waals surface area contributed by atoms with Gasteiger partial charge < -0.3 is 9.53 Å². The van der Waals surface area contributed by atoms with Crippen LogP contribution in [0.25, 0.3) is 0 Å². The van der Waals surface area contributed by atoms with Crippen LogP contribution in [0.5, 0.6) is 0 Å². The molecule has 1 fully saturated rings. The molecule has 0 aliphatic carbocycles. The van der Waals surface area contributed by atoms with Crippen LogP contribution < -0.4 is 0 Å². The molecule has 0 spiro atoms. The van der Waals surface area contributed by atoms with E-state index in [0.717, 1.165) is 19.3 Å². The predicted molar refractivity (Wildman–Crippen MR) is 57.3 cm³/mol. The molecule has 13 heavy (non-hydrogen) atoms. The largest absolute Gasteiger partial charge is 0.414 e. The summed E-state index contributed by atoms with van der Waals surface area (Å²) >= 11 is 0. The van der Waals surface area contributed by atoms with Crippen LogP contribution in [0.2, 0.25) is 19.1 Å². The minimum absolute atomic E-state index is 0.159. The molecule has 1 saturated heterocycles. The highest BCUT2D eigenvalue weighted by Crippen LogP contribution is 2.28. The van der Waals surface area contributed by atoms with Gasteiger partial charge in [0.1, 0.15) is 0 Å². The summed E-state index contributed by atoms with van der Waals surface area (Å²) in [7, 11) is -1.34. The first-order chi connectivity index (χ1) is 6.03. The highest BCUT2D eigenvalue weighted by molar-refractivity contribution is 6.71. The Morgan fingerprint density at radius 3 is 2.77 bits per heavy atom. The molecule has 1 rings (SSSR count). The monoisotopic (exact) mass is 202 g/mol. The molecule has 0 aromatic rings. The zero-order valence-corrected chi connectivity index (χ0v) is 10.0. The molecule has 0 amide bonds. The van der Waals surface area contributed by atoms with Crippen molar-refractivity contribution >= 4 is 8.32 Å². The lowest BCUT2D eigenvalue weighted by Crippen LogP contribution is -2.40. The van der Waals surface area contributed by atoms with Gasteiger partial charge in [-0.05, 0) is 38.4 Å². The quantitative estimate of drug-likeness (QED) is 0.713. The first-order valence-corrected chi connectivity index (χ1v) is 8.51. The molecule has 1 aliphatic rings. The van der Waals surface area contributed by atoms with E-state index < -0.39 is 8.32 Å². The summed E-state index contributed by atoms with van der Waals surface area (Å²) in [4.78, 5) is 0. The minimum atomic E-state index is -1.34. The molecular formula is C10H22O2Si. The zero-order valence-electron chi connectivity index (χ0n) is 9.05. The van der Waals surface area contributed by atoms with Gasteiger partial charge in [-0.15, -0.1) is 0 Å². The fraction of sp³-hybridized carbons (Fsp3) is 1.00. The van der Waals surface area contributed by atoms with Crippen molar-refractivity contribution in [3.05, 3.63) is 0 Å². The van der Waals surface area contributed by atoms with Crippen LogP contribution >= 0.6 is 0 Å². The highest BCUT2D eigenvalue weighted by Gasteiger charge is 2.31. The lowest BCUT2D eigenvalue weighted by atomic mass is 10.1. The molecule has 0 aromatic carbocycles. The summed E-state index contributed by atoms with van der Waals surface area (Å²) in [6, 6.07) is 1.28. The van der Waals surface area contributed by atoms with E-state index in [0.29, 0.717) is 6.10 Å². The Morgan fingerprint density at radius 1 is 1.54 bits per heavy atom. The number of hydrogen-bond donors (Lipinski definition) is 1. The third kappa shape index (κ3) is 3.79. The fourth-order valence-electron chi connectivity index (χ4n) is 1.96. The van der Waals surface area contributed by atoms with Gasteiger partial charge in [-0.2, -0.15) is 0 Å². The van der Waals surface area contributed by atoms with E-state index in [1.807, 2.05) is 6.92 Å². The van der Waals surface area contributed by atoms with E-state index in [2.05, 4.69) is 13.1 Å². The number of aliphatic hydroxyl groups excluding tert-OH is 1. The van der Waals surface area contributed by atoms with Crippen molar-refractivity contribution in [2.75, 3.05) is 0 Å². The summed E-state index contributed by atoms with van der Waals surface area (Å²) in [5, 5.41) is 9.52. The first kappa shape index (κ1) is 11.2. The van der Waals surface area contributed by atoms with E-state index >= 15 is 0 Å². The maximum absolute atomic E-state index is 9.52. The summed E-state index contributed by atoms with van der Waals surface area (Å²) in [5.41, 5.74) is 0. The molecule has 0 radical (unpaired) electrons. The maximum atomic E-state index is 9.52. The Balaban J connectivity index is 2.34. The van der Waals surface area contributed by atoms with Crippen LogP contribution in [0.4, 0.5) is 0 Å². The molecule has 78 valence electrons. The first-order valence-electron chi connectivity index (χ1n) is 5.39. The van der Waals surface area contributed by atoms with Gasteiger partial charge in [-0.1, -0.05) is 13.3 Å². The fourth-order valence-corrected chi connectivity index (χ4v) is 4.25. The zero-order chi connectivity index (χ0) is 9.90. The van der Waals surface area contributed by atoms with Crippen molar-refractivity contribution in [3.63, 3.8) is 0 Å². The third-order valence-corrected chi connectivity index (χ3v) is 5.33. The van der Waals surface area contributed by atoms with Crippen LogP contribution in [0, 0.1) is 0 Å². The van der Waals surface area contributed by atoms with Gasteiger partial charge in [0.15, 0.2) is 8.32 Å². The number of rotatable bonds is 3. The third-order valence-electron chi connectivity index (χ3n) is 2.80. The molecule has 0 bridgehead atoms. The second-order valence-corrected chi connectivity index (χ2v) is 8.94. The highest BCUT2D eigenvalue weighted by atomic mass is 28.4. The van der Waals surface area contributed by atoms with Crippen LogP contribution in [0.3, 0.4) is 0 Å². The molecule has 2 unspecified atom stereocenters. The molecule has 2 nitrogen and oxygen atoms in total. The van der Waals surface area contributed by atoms with Gasteiger partial charge in [-0.25, -0.2) is 0 Å². The summed E-state index contributed by atoms with van der Waals surface area (Å²) in [5.74, 6) is 0. The summed E-state index contributed by atoms with van der Waals surface area (Å²) in [6.45, 7) is 6.57. The van der Waals surface area contributed by atoms with Gasteiger partial charge >= 0.3 is 0 Å². The summed E-state index contributed by atoms with van der Waals surface area (Å²) < 4.78 is 6.03. The van der Waals surface area contributed by atoms with Crippen LogP contribution in [0.15, 0.2) is 0 Å². The molecule has 2 atom stereocenters. The van der Waals surface area contributed by atoms with Gasteiger partial charge in [0, 0.05) is 6.10 Å². The topological polar surface area (TPSA) is 29.5 Å². The number of hydrogen-bond acceptors (Lipinski definition) is 2. The molecule has 0 aromatic heterocycles. The summed E-state index contributed by atoms with van der Waals surface area (Å²) in [6.07, 6.45) is 4.31. The smallest absolute Gasteiger partial charge is 0.187 e. The average molecular weight is 202 g/mol. The molecule has 1 heterocycles. The molecule has 0 saturated carbocycles. The Hall–Kier alpha value is 0.137. The van der Waals surface area contributed by atoms with Gasteiger partial charge in [0.05, 0.1) is 6.10 Å². The maximum Gasteiger partial charge on any atom is 0.187 e. The van der Waals surface area contributed by atoms with Gasteiger partial charge in [0.25, 0.3) is 0 Å². The van der Waals surface area contributed by atoms with Crippen LogP contribution in [-0.2, 0) is 4.43 Å². The van der Waals surface area contributed by atoms with Crippen LogP contribution in [0.1, 0.15) is 32.6 Å². The van der Waals surface area contributed by atoms with Crippen molar-refractivity contribution in [1.82, 2.24) is 0 Å². The normalized spacial score (nSPS) is 30.0. The molecular weight excluding hydrogens is 180 g/mol. The van der Waals surface area contributed by atoms with Crippen molar-refractivity contribution < 1.29 is 9.53 Å². The second kappa shape index (κ2) is 4.58. The Bertz CT molecular complexity index is 159. The van der Waals surface area contributed by atoms with E-state index in [4.69, 9.17) is 4.43 Å². The second-order valence-electron chi connectivity index (χ2n) is 4.69. The van der Waals surface area contributed by atoms with E-state index in [1.165, 1.54) is 12.5 Å². The lowest BCUT2D eigenvalue weighted by molar-refractivity contribution is 0.0744. The van der Waals surface area contributed by atoms with E-state index in [9.17, 15) is 5.11 Å². The standard InChI is InChI=1S/C10H22O2Si/c1-4-9(11)8-10-6-5-7-13(2,3)12-10/h9-11H,4-8H2,1-3H3. The average Bonchev–Trinajstić information content (AvgIpc) is 2.02. The van der Waals surface area contributed by atoms with E-state index in [-0.39, 0.29) is 6.10 Å². The van der Waals surface area contributed by atoms with Gasteiger partial charge in [-0.3, -0.25) is 0 Å². The predicted octanol–water partition coefficient (Wildman–Crippen LogP) is 2.53. The number of aliphatic hydroxyl groups is 1. The Morgan fingerprint density at radius 2 is 2.23 bits per heavy atom. The Labute approximate surface area is 82.4 Å². The Kier molecular flexibility index (Phi) is 3.95. The molecule has 3 heteroatoms. The van der Waals surface area contributed by atoms with Crippen molar-refractivity contribution in [2.24, 2.45) is 0 Å². The van der Waals surface area contributed by atoms with Crippen molar-refractivity contribution in [1.29, 1.82) is 0 Å². The molecule has 1 aliphatic heterocycles. The van der Waals surface area contributed by atoms with Crippen molar-refractivity contribution in [3.8, 4) is 0 Å². The SMILES string of the molecule is CCC(O)CC1CCC[Si](C)(C)O1. The minimum Gasteiger partial charge on any atom is -0.414 e. The molecule has 1 N–H and O–H groups in total. The van der Waals surface area contributed by atoms with Gasteiger partial charge in [0.2, 0.25) is 0 Å². The van der Waals surface area contributed by atoms with E-state index in [1.54, 1.807) is 0 Å². The van der Waals surface area contributed by atoms with Crippen molar-refractivity contribution in [2.45, 2.75) is 64.0 Å². The lowest BCUT2D eigenvalue weighted by Gasteiger charge is -2.35.